The third-order valence-electron chi connectivity index (χ3n) is 2.20. The maximum Gasteiger partial charge on any atom is 0.264 e. The molecule has 0 fully saturated rings. The lowest BCUT2D eigenvalue weighted by Crippen LogP contribution is -2.15. The van der Waals surface area contributed by atoms with Crippen molar-refractivity contribution < 1.29 is 12.8 Å². The van der Waals surface area contributed by atoms with E-state index in [1.54, 1.807) is 0 Å². The smallest absolute Gasteiger partial charge is 0.264 e. The number of anilines is 2. The van der Waals surface area contributed by atoms with Crippen LogP contribution in [0.5, 0.6) is 0 Å². The molecule has 3 N–H and O–H groups in total. The van der Waals surface area contributed by atoms with Gasteiger partial charge < -0.3 is 5.73 Å². The molecule has 0 aliphatic heterocycles. The number of para-hydroxylation sites is 1. The van der Waals surface area contributed by atoms with Crippen molar-refractivity contribution in [1.82, 2.24) is 0 Å². The second-order valence-corrected chi connectivity index (χ2v) is 7.43. The molecule has 0 atom stereocenters. The fourth-order valence-corrected chi connectivity index (χ4v) is 4.59. The van der Waals surface area contributed by atoms with E-state index in [1.807, 2.05) is 0 Å². The highest BCUT2D eigenvalue weighted by Gasteiger charge is 2.23. The molecule has 0 bridgehead atoms. The first kappa shape index (κ1) is 14.4. The molecule has 102 valence electrons. The van der Waals surface area contributed by atoms with Gasteiger partial charge in [-0.1, -0.05) is 29.3 Å². The zero-order valence-corrected chi connectivity index (χ0v) is 12.3. The molecule has 2 rings (SSSR count). The van der Waals surface area contributed by atoms with E-state index in [4.69, 9.17) is 28.9 Å². The molecular weight excluding hydrogens is 334 g/mol. The summed E-state index contributed by atoms with van der Waals surface area (Å²) in [5, 5.41) is 0. The van der Waals surface area contributed by atoms with E-state index in [9.17, 15) is 12.8 Å². The monoisotopic (exact) mass is 340 g/mol. The number of sulfonamides is 1. The number of thiophene rings is 1. The van der Waals surface area contributed by atoms with Crippen LogP contribution in [-0.2, 0) is 10.0 Å². The minimum atomic E-state index is -4.04. The van der Waals surface area contributed by atoms with Crippen molar-refractivity contribution >= 4 is 55.9 Å². The molecular formula is C10H7Cl2FN2O2S2. The fourth-order valence-electron chi connectivity index (χ4n) is 1.35. The van der Waals surface area contributed by atoms with E-state index < -0.39 is 15.8 Å². The van der Waals surface area contributed by atoms with Crippen LogP contribution in [0, 0.1) is 5.82 Å². The molecule has 0 unspecified atom stereocenters. The molecule has 19 heavy (non-hydrogen) atoms. The van der Waals surface area contributed by atoms with E-state index in [0.29, 0.717) is 0 Å². The van der Waals surface area contributed by atoms with Crippen LogP contribution in [0.3, 0.4) is 0 Å². The molecule has 0 saturated carbocycles. The van der Waals surface area contributed by atoms with Crippen molar-refractivity contribution in [2.75, 3.05) is 10.5 Å². The van der Waals surface area contributed by atoms with E-state index in [-0.39, 0.29) is 24.9 Å². The Kier molecular flexibility index (Phi) is 3.91. The van der Waals surface area contributed by atoms with Crippen LogP contribution in [-0.4, -0.2) is 8.42 Å². The van der Waals surface area contributed by atoms with Crippen LogP contribution in [0.4, 0.5) is 15.8 Å². The van der Waals surface area contributed by atoms with Gasteiger partial charge in [-0.25, -0.2) is 12.8 Å². The SMILES string of the molecule is Nc1cccc(F)c1NS(=O)(=O)c1cc(Cl)sc1Cl. The van der Waals surface area contributed by atoms with Crippen LogP contribution in [0.25, 0.3) is 0 Å². The molecule has 0 spiro atoms. The molecule has 9 heteroatoms. The molecule has 4 nitrogen and oxygen atoms in total. The lowest BCUT2D eigenvalue weighted by molar-refractivity contribution is 0.599. The lowest BCUT2D eigenvalue weighted by atomic mass is 10.3. The van der Waals surface area contributed by atoms with Gasteiger partial charge in [-0.15, -0.1) is 11.3 Å². The van der Waals surface area contributed by atoms with E-state index >= 15 is 0 Å². The van der Waals surface area contributed by atoms with Gasteiger partial charge in [0.15, 0.2) is 0 Å². The first-order valence-corrected chi connectivity index (χ1v) is 7.88. The molecule has 0 radical (unpaired) electrons. The average Bonchev–Trinajstić information content (AvgIpc) is 2.64. The summed E-state index contributed by atoms with van der Waals surface area (Å²) in [7, 11) is -4.04. The number of nitrogen functional groups attached to an aromatic ring is 1. The van der Waals surface area contributed by atoms with Gasteiger partial charge >= 0.3 is 0 Å². The van der Waals surface area contributed by atoms with Gasteiger partial charge in [-0.2, -0.15) is 0 Å². The molecule has 1 aromatic carbocycles. The minimum absolute atomic E-state index is 0.00703. The Hall–Kier alpha value is -1.02. The Labute approximate surface area is 123 Å². The standard InChI is InChI=1S/C10H7Cl2FN2O2S2/c11-8-4-7(10(12)18-8)19(16,17)15-9-5(13)2-1-3-6(9)14/h1-4,15H,14H2. The van der Waals surface area contributed by atoms with Gasteiger partial charge in [0, 0.05) is 0 Å². The number of hydrogen-bond donors (Lipinski definition) is 2. The molecule has 1 aromatic heterocycles. The quantitative estimate of drug-likeness (QED) is 0.838. The fraction of sp³-hybridized carbons (Fsp3) is 0. The van der Waals surface area contributed by atoms with Crippen molar-refractivity contribution in [3.8, 4) is 0 Å². The Balaban J connectivity index is 2.45. The van der Waals surface area contributed by atoms with E-state index in [2.05, 4.69) is 4.72 Å². The third kappa shape index (κ3) is 2.94. The normalized spacial score (nSPS) is 11.5. The second-order valence-electron chi connectivity index (χ2n) is 3.50. The highest BCUT2D eigenvalue weighted by molar-refractivity contribution is 7.93. The average molecular weight is 341 g/mol. The molecule has 1 heterocycles. The van der Waals surface area contributed by atoms with Gasteiger partial charge in [0.25, 0.3) is 10.0 Å². The Morgan fingerprint density at radius 1 is 1.32 bits per heavy atom. The van der Waals surface area contributed by atoms with Crippen LogP contribution in [0.15, 0.2) is 29.2 Å². The number of hydrogen-bond acceptors (Lipinski definition) is 4. The summed E-state index contributed by atoms with van der Waals surface area (Å²) < 4.78 is 39.9. The van der Waals surface area contributed by atoms with Crippen molar-refractivity contribution in [3.63, 3.8) is 0 Å². The predicted octanol–water partition coefficient (Wildman–Crippen LogP) is 3.58. The maximum absolute atomic E-state index is 13.5. The predicted molar refractivity (Wildman–Crippen MR) is 76.0 cm³/mol. The van der Waals surface area contributed by atoms with Gasteiger partial charge in [-0.3, -0.25) is 4.72 Å². The first-order valence-electron chi connectivity index (χ1n) is 4.83. The number of rotatable bonds is 3. The van der Waals surface area contributed by atoms with Crippen LogP contribution >= 0.6 is 34.5 Å². The summed E-state index contributed by atoms with van der Waals surface area (Å²) in [6.07, 6.45) is 0. The van der Waals surface area contributed by atoms with Crippen LogP contribution < -0.4 is 10.5 Å². The summed E-state index contributed by atoms with van der Waals surface area (Å²) >= 11 is 12.3. The van der Waals surface area contributed by atoms with Crippen LogP contribution in [0.1, 0.15) is 0 Å². The zero-order chi connectivity index (χ0) is 14.2. The molecule has 0 aliphatic rings. The number of halogens is 3. The van der Waals surface area contributed by atoms with E-state index in [1.165, 1.54) is 18.2 Å². The molecule has 0 aliphatic carbocycles. The number of nitrogens with two attached hydrogens (primary N) is 1. The molecule has 2 aromatic rings. The maximum atomic E-state index is 13.5. The summed E-state index contributed by atoms with van der Waals surface area (Å²) in [6, 6.07) is 5.03. The van der Waals surface area contributed by atoms with Gasteiger partial charge in [0.05, 0.1) is 10.0 Å². The summed E-state index contributed by atoms with van der Waals surface area (Å²) in [6.45, 7) is 0. The lowest BCUT2D eigenvalue weighted by Gasteiger charge is -2.10. The Morgan fingerprint density at radius 2 is 2.00 bits per heavy atom. The zero-order valence-electron chi connectivity index (χ0n) is 9.15. The highest BCUT2D eigenvalue weighted by Crippen LogP contribution is 2.36. The summed E-state index contributed by atoms with van der Waals surface area (Å²) in [5.74, 6) is -0.777. The first-order chi connectivity index (χ1) is 8.81. The molecule has 0 amide bonds. The summed E-state index contributed by atoms with van der Waals surface area (Å²) in [5.41, 5.74) is 5.18. The Bertz CT molecular complexity index is 711. The highest BCUT2D eigenvalue weighted by atomic mass is 35.5. The number of nitrogens with one attached hydrogen (secondary N) is 1. The summed E-state index contributed by atoms with van der Waals surface area (Å²) in [4.78, 5) is -0.216. The van der Waals surface area contributed by atoms with Gasteiger partial charge in [0.2, 0.25) is 0 Å². The molecule has 0 saturated heterocycles. The van der Waals surface area contributed by atoms with E-state index in [0.717, 1.165) is 17.4 Å². The van der Waals surface area contributed by atoms with Crippen molar-refractivity contribution in [1.29, 1.82) is 0 Å². The second kappa shape index (κ2) is 5.16. The third-order valence-corrected chi connectivity index (χ3v) is 5.30. The van der Waals surface area contributed by atoms with Crippen molar-refractivity contribution in [2.45, 2.75) is 4.90 Å². The van der Waals surface area contributed by atoms with Gasteiger partial charge in [-0.05, 0) is 18.2 Å². The van der Waals surface area contributed by atoms with Crippen LogP contribution in [0.2, 0.25) is 8.67 Å². The van der Waals surface area contributed by atoms with Gasteiger partial charge in [0.1, 0.15) is 20.7 Å². The largest absolute Gasteiger partial charge is 0.397 e. The van der Waals surface area contributed by atoms with Crippen molar-refractivity contribution in [3.05, 3.63) is 38.8 Å². The van der Waals surface area contributed by atoms with Crippen molar-refractivity contribution in [2.24, 2.45) is 0 Å². The number of benzene rings is 1. The minimum Gasteiger partial charge on any atom is -0.397 e. The topological polar surface area (TPSA) is 72.2 Å². The Morgan fingerprint density at radius 3 is 2.53 bits per heavy atom.